The van der Waals surface area contributed by atoms with Crippen molar-refractivity contribution in [1.29, 1.82) is 0 Å². The molecule has 1 N–H and O–H groups in total. The monoisotopic (exact) mass is 223 g/mol. The molecule has 1 saturated carbocycles. The molecule has 5 nitrogen and oxygen atoms in total. The SMILES string of the molecule is CC(C)(C)C(=O)NC(c1ncon1)C1CC1. The molecule has 16 heavy (non-hydrogen) atoms. The van der Waals surface area contributed by atoms with Crippen molar-refractivity contribution in [3.63, 3.8) is 0 Å². The molecule has 0 aromatic carbocycles. The molecule has 0 aliphatic heterocycles. The third-order valence-corrected chi connectivity index (χ3v) is 2.72. The molecule has 0 saturated heterocycles. The topological polar surface area (TPSA) is 68.0 Å². The van der Waals surface area contributed by atoms with Crippen LogP contribution in [0.4, 0.5) is 0 Å². The smallest absolute Gasteiger partial charge is 0.225 e. The lowest BCUT2D eigenvalue weighted by atomic mass is 9.95. The van der Waals surface area contributed by atoms with Crippen molar-refractivity contribution in [3.05, 3.63) is 12.2 Å². The van der Waals surface area contributed by atoms with Gasteiger partial charge in [-0.15, -0.1) is 0 Å². The van der Waals surface area contributed by atoms with Crippen LogP contribution in [0.25, 0.3) is 0 Å². The Morgan fingerprint density at radius 3 is 2.69 bits per heavy atom. The van der Waals surface area contributed by atoms with Crippen molar-refractivity contribution in [2.45, 2.75) is 39.7 Å². The lowest BCUT2D eigenvalue weighted by Gasteiger charge is -2.22. The minimum absolute atomic E-state index is 0.0224. The molecule has 2 rings (SSSR count). The normalized spacial score (nSPS) is 18.2. The Balaban J connectivity index is 2.07. The van der Waals surface area contributed by atoms with Gasteiger partial charge in [0, 0.05) is 5.41 Å². The Bertz CT molecular complexity index is 363. The second-order valence-electron chi connectivity index (χ2n) is 5.33. The highest BCUT2D eigenvalue weighted by Crippen LogP contribution is 2.40. The molecule has 1 amide bonds. The number of amides is 1. The molecule has 5 heteroatoms. The van der Waals surface area contributed by atoms with Crippen molar-refractivity contribution >= 4 is 5.91 Å². The number of rotatable bonds is 3. The molecular formula is C11H17N3O2. The van der Waals surface area contributed by atoms with Crippen molar-refractivity contribution in [1.82, 2.24) is 15.5 Å². The van der Waals surface area contributed by atoms with E-state index in [4.69, 9.17) is 4.52 Å². The largest absolute Gasteiger partial charge is 0.345 e. The number of hydrogen-bond acceptors (Lipinski definition) is 4. The van der Waals surface area contributed by atoms with Crippen LogP contribution in [0.5, 0.6) is 0 Å². The first-order valence-electron chi connectivity index (χ1n) is 5.55. The van der Waals surface area contributed by atoms with Gasteiger partial charge < -0.3 is 9.84 Å². The Kier molecular flexibility index (Phi) is 2.69. The second-order valence-corrected chi connectivity index (χ2v) is 5.33. The standard InChI is InChI=1S/C11H17N3O2/c1-11(2,3)10(15)13-8(7-4-5-7)9-12-6-16-14-9/h6-8H,4-5H2,1-3H3,(H,13,15). The fourth-order valence-electron chi connectivity index (χ4n) is 1.50. The van der Waals surface area contributed by atoms with E-state index < -0.39 is 5.41 Å². The van der Waals surface area contributed by atoms with Crippen LogP contribution >= 0.6 is 0 Å². The molecule has 1 atom stereocenters. The van der Waals surface area contributed by atoms with Gasteiger partial charge in [-0.3, -0.25) is 4.79 Å². The fraction of sp³-hybridized carbons (Fsp3) is 0.727. The van der Waals surface area contributed by atoms with Crippen molar-refractivity contribution in [2.75, 3.05) is 0 Å². The van der Waals surface area contributed by atoms with Crippen LogP contribution in [0, 0.1) is 11.3 Å². The maximum absolute atomic E-state index is 11.9. The first-order valence-corrected chi connectivity index (χ1v) is 5.55. The summed E-state index contributed by atoms with van der Waals surface area (Å²) in [5.41, 5.74) is -0.392. The van der Waals surface area contributed by atoms with E-state index in [1.165, 1.54) is 6.39 Å². The van der Waals surface area contributed by atoms with E-state index in [1.54, 1.807) is 0 Å². The van der Waals surface area contributed by atoms with Gasteiger partial charge in [0.1, 0.15) is 0 Å². The molecule has 0 radical (unpaired) electrons. The third-order valence-electron chi connectivity index (χ3n) is 2.72. The zero-order valence-electron chi connectivity index (χ0n) is 9.86. The maximum atomic E-state index is 11.9. The summed E-state index contributed by atoms with van der Waals surface area (Å²) in [6, 6.07) is -0.0922. The van der Waals surface area contributed by atoms with Gasteiger partial charge in [0.15, 0.2) is 5.82 Å². The van der Waals surface area contributed by atoms with Crippen molar-refractivity contribution in [2.24, 2.45) is 11.3 Å². The predicted octanol–water partition coefficient (Wildman–Crippen LogP) is 1.68. The minimum Gasteiger partial charge on any atom is -0.345 e. The summed E-state index contributed by atoms with van der Waals surface area (Å²) in [4.78, 5) is 15.9. The average molecular weight is 223 g/mol. The summed E-state index contributed by atoms with van der Waals surface area (Å²) in [7, 11) is 0. The van der Waals surface area contributed by atoms with E-state index in [9.17, 15) is 4.79 Å². The van der Waals surface area contributed by atoms with E-state index in [2.05, 4.69) is 15.5 Å². The van der Waals surface area contributed by atoms with E-state index in [1.807, 2.05) is 20.8 Å². The van der Waals surface area contributed by atoms with E-state index in [-0.39, 0.29) is 11.9 Å². The summed E-state index contributed by atoms with van der Waals surface area (Å²) in [5, 5.41) is 6.81. The molecule has 1 heterocycles. The molecule has 1 aliphatic carbocycles. The summed E-state index contributed by atoms with van der Waals surface area (Å²) >= 11 is 0. The summed E-state index contributed by atoms with van der Waals surface area (Å²) in [6.45, 7) is 5.67. The molecule has 88 valence electrons. The van der Waals surface area contributed by atoms with Crippen molar-refractivity contribution in [3.8, 4) is 0 Å². The van der Waals surface area contributed by atoms with E-state index in [0.29, 0.717) is 11.7 Å². The second kappa shape index (κ2) is 3.88. The van der Waals surface area contributed by atoms with Crippen LogP contribution in [0.1, 0.15) is 45.5 Å². The molecule has 1 aromatic heterocycles. The molecule has 0 bridgehead atoms. The van der Waals surface area contributed by atoms with Gasteiger partial charge >= 0.3 is 0 Å². The average Bonchev–Trinajstić information content (AvgIpc) is 2.88. The highest BCUT2D eigenvalue weighted by Gasteiger charge is 2.37. The zero-order chi connectivity index (χ0) is 11.8. The Morgan fingerprint density at radius 1 is 1.56 bits per heavy atom. The fourth-order valence-corrected chi connectivity index (χ4v) is 1.50. The van der Waals surface area contributed by atoms with Crippen LogP contribution < -0.4 is 5.32 Å². The Labute approximate surface area is 94.6 Å². The lowest BCUT2D eigenvalue weighted by molar-refractivity contribution is -0.129. The quantitative estimate of drug-likeness (QED) is 0.846. The van der Waals surface area contributed by atoms with Gasteiger partial charge in [-0.25, -0.2) is 0 Å². The third kappa shape index (κ3) is 2.40. The van der Waals surface area contributed by atoms with Crippen LogP contribution in [0.15, 0.2) is 10.9 Å². The maximum Gasteiger partial charge on any atom is 0.225 e. The summed E-state index contributed by atoms with van der Waals surface area (Å²) in [6.07, 6.45) is 3.53. The van der Waals surface area contributed by atoms with Crippen LogP contribution in [0.3, 0.4) is 0 Å². The highest BCUT2D eigenvalue weighted by atomic mass is 16.5. The number of nitrogens with zero attached hydrogens (tertiary/aromatic N) is 2. The van der Waals surface area contributed by atoms with E-state index in [0.717, 1.165) is 12.8 Å². The molecule has 0 spiro atoms. The Morgan fingerprint density at radius 2 is 2.25 bits per heavy atom. The lowest BCUT2D eigenvalue weighted by Crippen LogP contribution is -2.38. The van der Waals surface area contributed by atoms with Gasteiger partial charge in [0.2, 0.25) is 12.3 Å². The highest BCUT2D eigenvalue weighted by molar-refractivity contribution is 5.81. The number of nitrogens with one attached hydrogen (secondary N) is 1. The van der Waals surface area contributed by atoms with Crippen LogP contribution in [-0.2, 0) is 4.79 Å². The van der Waals surface area contributed by atoms with Gasteiger partial charge in [0.05, 0.1) is 6.04 Å². The van der Waals surface area contributed by atoms with E-state index >= 15 is 0 Å². The summed E-state index contributed by atoms with van der Waals surface area (Å²) in [5.74, 6) is 1.07. The zero-order valence-corrected chi connectivity index (χ0v) is 9.86. The molecular weight excluding hydrogens is 206 g/mol. The molecule has 1 aromatic rings. The van der Waals surface area contributed by atoms with Gasteiger partial charge in [-0.1, -0.05) is 25.9 Å². The minimum atomic E-state index is -0.392. The van der Waals surface area contributed by atoms with Gasteiger partial charge in [0.25, 0.3) is 0 Å². The van der Waals surface area contributed by atoms with Crippen LogP contribution in [-0.4, -0.2) is 16.0 Å². The molecule has 1 aliphatic rings. The van der Waals surface area contributed by atoms with Gasteiger partial charge in [-0.2, -0.15) is 4.98 Å². The number of hydrogen-bond donors (Lipinski definition) is 1. The number of carbonyl (C=O) groups excluding carboxylic acids is 1. The number of carbonyl (C=O) groups is 1. The molecule has 1 fully saturated rings. The van der Waals surface area contributed by atoms with Crippen molar-refractivity contribution < 1.29 is 9.32 Å². The van der Waals surface area contributed by atoms with Crippen LogP contribution in [0.2, 0.25) is 0 Å². The summed E-state index contributed by atoms with van der Waals surface area (Å²) < 4.78 is 4.73. The predicted molar refractivity (Wildman–Crippen MR) is 57.4 cm³/mol. The molecule has 1 unspecified atom stereocenters. The Hall–Kier alpha value is -1.39. The first kappa shape index (κ1) is 11.1. The number of aromatic nitrogens is 2. The van der Waals surface area contributed by atoms with Gasteiger partial charge in [-0.05, 0) is 18.8 Å². The first-order chi connectivity index (χ1) is 7.48.